The van der Waals surface area contributed by atoms with Crippen LogP contribution in [0.2, 0.25) is 0 Å². The van der Waals surface area contributed by atoms with Crippen molar-refractivity contribution in [3.05, 3.63) is 163 Å². The van der Waals surface area contributed by atoms with Gasteiger partial charge in [-0.25, -0.2) is 0 Å². The molecule has 0 bridgehead atoms. The SMILES string of the molecule is CC1(C)c2ccccc2-c2c(N(c3ccc(-c4cccc5ccccc45)cc3)c3ccc4ccccc4c3)cccc21. The van der Waals surface area contributed by atoms with Gasteiger partial charge in [0.1, 0.15) is 0 Å². The first-order valence-electron chi connectivity index (χ1n) is 14.7. The lowest BCUT2D eigenvalue weighted by molar-refractivity contribution is 0.660. The van der Waals surface area contributed by atoms with Gasteiger partial charge in [-0.05, 0) is 79.7 Å². The highest BCUT2D eigenvalue weighted by molar-refractivity contribution is 5.99. The van der Waals surface area contributed by atoms with E-state index >= 15 is 0 Å². The summed E-state index contributed by atoms with van der Waals surface area (Å²) < 4.78 is 0. The van der Waals surface area contributed by atoms with Crippen LogP contribution in [-0.4, -0.2) is 0 Å². The number of rotatable bonds is 4. The van der Waals surface area contributed by atoms with Gasteiger partial charge in [0, 0.05) is 22.4 Å². The Hall–Kier alpha value is -5.14. The number of benzene rings is 7. The van der Waals surface area contributed by atoms with Crippen LogP contribution in [-0.2, 0) is 5.41 Å². The van der Waals surface area contributed by atoms with E-state index in [0.29, 0.717) is 0 Å². The molecule has 1 heteroatoms. The standard InChI is InChI=1S/C41H31N/c1-41(2)37-18-8-7-16-36(37)40-38(41)19-10-20-39(40)42(33-26-21-28-11-3-4-13-31(28)27-33)32-24-22-30(23-25-32)35-17-9-14-29-12-5-6-15-34(29)35/h3-27H,1-2H3. The van der Waals surface area contributed by atoms with Crippen LogP contribution in [0.5, 0.6) is 0 Å². The van der Waals surface area contributed by atoms with Crippen LogP contribution in [0.1, 0.15) is 25.0 Å². The highest BCUT2D eigenvalue weighted by Crippen LogP contribution is 2.54. The van der Waals surface area contributed by atoms with Gasteiger partial charge in [0.2, 0.25) is 0 Å². The van der Waals surface area contributed by atoms with E-state index in [1.165, 1.54) is 60.6 Å². The normalized spacial score (nSPS) is 13.2. The molecule has 200 valence electrons. The number of nitrogens with zero attached hydrogens (tertiary/aromatic N) is 1. The van der Waals surface area contributed by atoms with E-state index in [-0.39, 0.29) is 5.41 Å². The molecule has 0 spiro atoms. The molecule has 0 radical (unpaired) electrons. The zero-order valence-corrected chi connectivity index (χ0v) is 23.9. The molecule has 42 heavy (non-hydrogen) atoms. The molecular weight excluding hydrogens is 506 g/mol. The molecule has 0 saturated heterocycles. The Morgan fingerprint density at radius 3 is 1.93 bits per heavy atom. The van der Waals surface area contributed by atoms with E-state index in [4.69, 9.17) is 0 Å². The number of fused-ring (bicyclic) bond motifs is 5. The Labute approximate surface area is 247 Å². The first-order valence-corrected chi connectivity index (χ1v) is 14.7. The third-order valence-electron chi connectivity index (χ3n) is 9.04. The Kier molecular flexibility index (Phi) is 5.55. The van der Waals surface area contributed by atoms with Crippen LogP contribution in [0.15, 0.2) is 152 Å². The van der Waals surface area contributed by atoms with Gasteiger partial charge in [-0.15, -0.1) is 0 Å². The van der Waals surface area contributed by atoms with Crippen molar-refractivity contribution < 1.29 is 0 Å². The molecule has 1 nitrogen and oxygen atoms in total. The minimum Gasteiger partial charge on any atom is -0.310 e. The summed E-state index contributed by atoms with van der Waals surface area (Å²) in [6, 6.07) is 55.4. The predicted molar refractivity (Wildman–Crippen MR) is 179 cm³/mol. The Bertz CT molecular complexity index is 2110. The van der Waals surface area contributed by atoms with Crippen molar-refractivity contribution in [2.75, 3.05) is 4.90 Å². The topological polar surface area (TPSA) is 3.24 Å². The smallest absolute Gasteiger partial charge is 0.0543 e. The molecule has 7 aromatic rings. The maximum atomic E-state index is 2.44. The van der Waals surface area contributed by atoms with Gasteiger partial charge in [-0.1, -0.05) is 135 Å². The molecule has 1 aliphatic carbocycles. The van der Waals surface area contributed by atoms with Crippen LogP contribution in [0, 0.1) is 0 Å². The van der Waals surface area contributed by atoms with Crippen molar-refractivity contribution in [2.45, 2.75) is 19.3 Å². The Morgan fingerprint density at radius 1 is 0.452 bits per heavy atom. The second-order valence-corrected chi connectivity index (χ2v) is 11.8. The first kappa shape index (κ1) is 24.6. The number of hydrogen-bond donors (Lipinski definition) is 0. The van der Waals surface area contributed by atoms with Crippen LogP contribution in [0.4, 0.5) is 17.1 Å². The van der Waals surface area contributed by atoms with E-state index in [1.54, 1.807) is 0 Å². The molecule has 1 aliphatic rings. The van der Waals surface area contributed by atoms with Gasteiger partial charge < -0.3 is 4.90 Å². The second kappa shape index (κ2) is 9.46. The lowest BCUT2D eigenvalue weighted by Crippen LogP contribution is -2.16. The zero-order chi connectivity index (χ0) is 28.3. The van der Waals surface area contributed by atoms with Gasteiger partial charge in [0.25, 0.3) is 0 Å². The summed E-state index contributed by atoms with van der Waals surface area (Å²) in [6.45, 7) is 4.70. The average molecular weight is 538 g/mol. The molecule has 0 aliphatic heterocycles. The Morgan fingerprint density at radius 2 is 1.07 bits per heavy atom. The van der Waals surface area contributed by atoms with Gasteiger partial charge >= 0.3 is 0 Å². The maximum absolute atomic E-state index is 2.44. The Balaban J connectivity index is 1.34. The third kappa shape index (κ3) is 3.78. The fraction of sp³-hybridized carbons (Fsp3) is 0.0732. The maximum Gasteiger partial charge on any atom is 0.0543 e. The van der Waals surface area contributed by atoms with Crippen LogP contribution in [0.25, 0.3) is 43.8 Å². The van der Waals surface area contributed by atoms with Crippen LogP contribution < -0.4 is 4.90 Å². The van der Waals surface area contributed by atoms with Gasteiger partial charge in [0.15, 0.2) is 0 Å². The molecule has 0 unspecified atom stereocenters. The first-order chi connectivity index (χ1) is 20.6. The van der Waals surface area contributed by atoms with E-state index in [2.05, 4.69) is 170 Å². The van der Waals surface area contributed by atoms with E-state index in [0.717, 1.165) is 11.4 Å². The zero-order valence-electron chi connectivity index (χ0n) is 23.9. The van der Waals surface area contributed by atoms with Crippen molar-refractivity contribution in [1.29, 1.82) is 0 Å². The summed E-state index contributed by atoms with van der Waals surface area (Å²) >= 11 is 0. The molecule has 8 rings (SSSR count). The fourth-order valence-electron chi connectivity index (χ4n) is 6.93. The predicted octanol–water partition coefficient (Wildman–Crippen LogP) is 11.4. The molecule has 0 atom stereocenters. The van der Waals surface area contributed by atoms with E-state index < -0.39 is 0 Å². The monoisotopic (exact) mass is 537 g/mol. The average Bonchev–Trinajstić information content (AvgIpc) is 3.28. The molecule has 0 aromatic heterocycles. The molecule has 0 N–H and O–H groups in total. The van der Waals surface area contributed by atoms with Crippen molar-refractivity contribution in [3.8, 4) is 22.3 Å². The third-order valence-corrected chi connectivity index (χ3v) is 9.04. The summed E-state index contributed by atoms with van der Waals surface area (Å²) in [5.41, 5.74) is 11.3. The summed E-state index contributed by atoms with van der Waals surface area (Å²) in [7, 11) is 0. The number of anilines is 3. The van der Waals surface area contributed by atoms with Crippen molar-refractivity contribution >= 4 is 38.6 Å². The molecule has 0 saturated carbocycles. The molecular formula is C41H31N. The molecule has 7 aromatic carbocycles. The quantitative estimate of drug-likeness (QED) is 0.216. The second-order valence-electron chi connectivity index (χ2n) is 11.8. The van der Waals surface area contributed by atoms with E-state index in [1.807, 2.05) is 0 Å². The van der Waals surface area contributed by atoms with Gasteiger partial charge in [0.05, 0.1) is 5.69 Å². The van der Waals surface area contributed by atoms with E-state index in [9.17, 15) is 0 Å². The lowest BCUT2D eigenvalue weighted by atomic mass is 9.82. The summed E-state index contributed by atoms with van der Waals surface area (Å²) in [6.07, 6.45) is 0. The van der Waals surface area contributed by atoms with Crippen LogP contribution >= 0.6 is 0 Å². The summed E-state index contributed by atoms with van der Waals surface area (Å²) in [5, 5.41) is 5.02. The van der Waals surface area contributed by atoms with Crippen molar-refractivity contribution in [1.82, 2.24) is 0 Å². The van der Waals surface area contributed by atoms with Crippen molar-refractivity contribution in [3.63, 3.8) is 0 Å². The lowest BCUT2D eigenvalue weighted by Gasteiger charge is -2.29. The molecule has 0 heterocycles. The largest absolute Gasteiger partial charge is 0.310 e. The molecule has 0 fully saturated rings. The van der Waals surface area contributed by atoms with Crippen molar-refractivity contribution in [2.24, 2.45) is 0 Å². The highest BCUT2D eigenvalue weighted by Gasteiger charge is 2.37. The number of hydrogen-bond acceptors (Lipinski definition) is 1. The summed E-state index contributed by atoms with van der Waals surface area (Å²) in [5.74, 6) is 0. The highest BCUT2D eigenvalue weighted by atomic mass is 15.1. The minimum atomic E-state index is -0.0603. The van der Waals surface area contributed by atoms with Gasteiger partial charge in [-0.2, -0.15) is 0 Å². The van der Waals surface area contributed by atoms with Gasteiger partial charge in [-0.3, -0.25) is 0 Å². The van der Waals surface area contributed by atoms with Crippen LogP contribution in [0.3, 0.4) is 0 Å². The fourth-order valence-corrected chi connectivity index (χ4v) is 6.93. The summed E-state index contributed by atoms with van der Waals surface area (Å²) in [4.78, 5) is 2.44. The minimum absolute atomic E-state index is 0.0603. The molecule has 0 amide bonds.